The number of carbonyl (C=O) groups excluding carboxylic acids is 2. The van der Waals surface area contributed by atoms with Crippen molar-refractivity contribution in [2.75, 3.05) is 4.90 Å². The van der Waals surface area contributed by atoms with Gasteiger partial charge in [0.1, 0.15) is 8.07 Å². The summed E-state index contributed by atoms with van der Waals surface area (Å²) in [6.45, 7) is 18.4. The highest BCUT2D eigenvalue weighted by molar-refractivity contribution is 7.89. The maximum Gasteiger partial charge on any atom is 0.243 e. The van der Waals surface area contributed by atoms with Gasteiger partial charge in [0.15, 0.2) is 0 Å². The molecule has 0 saturated heterocycles. The minimum absolute atomic E-state index is 0.165. The fourth-order valence-corrected chi connectivity index (χ4v) is 8.30. The number of carbonyl (C=O) groups is 2. The molecule has 2 amide bonds. The Labute approximate surface area is 224 Å². The average Bonchev–Trinajstić information content (AvgIpc) is 3.21. The molecule has 0 spiro atoms. The Morgan fingerprint density at radius 3 is 2.11 bits per heavy atom. The van der Waals surface area contributed by atoms with Crippen LogP contribution in [0.3, 0.4) is 0 Å². The van der Waals surface area contributed by atoms with Crippen LogP contribution in [0.5, 0.6) is 0 Å². The highest BCUT2D eigenvalue weighted by Crippen LogP contribution is 2.35. The molecule has 1 aliphatic heterocycles. The zero-order valence-electron chi connectivity index (χ0n) is 23.4. The minimum atomic E-state index is -3.74. The molecule has 1 heterocycles. The normalized spacial score (nSPS) is 14.1. The summed E-state index contributed by atoms with van der Waals surface area (Å²) < 4.78 is 28.7. The van der Waals surface area contributed by atoms with Crippen molar-refractivity contribution in [3.63, 3.8) is 0 Å². The highest BCUT2D eigenvalue weighted by atomic mass is 32.2. The van der Waals surface area contributed by atoms with E-state index in [0.29, 0.717) is 5.69 Å². The summed E-state index contributed by atoms with van der Waals surface area (Å²) in [5.74, 6) is 2.82. The maximum atomic E-state index is 13.6. The van der Waals surface area contributed by atoms with Crippen LogP contribution in [0.15, 0.2) is 35.2 Å². The first-order chi connectivity index (χ1) is 17.0. The third-order valence-electron chi connectivity index (χ3n) is 6.27. The monoisotopic (exact) mass is 554 g/mol. The van der Waals surface area contributed by atoms with Crippen molar-refractivity contribution >= 4 is 48.9 Å². The molecule has 0 aromatic heterocycles. The smallest absolute Gasteiger partial charge is 0.243 e. The molecule has 0 N–H and O–H groups in total. The van der Waals surface area contributed by atoms with Crippen molar-refractivity contribution in [2.45, 2.75) is 84.5 Å². The van der Waals surface area contributed by atoms with Gasteiger partial charge in [-0.15, -0.1) is 5.54 Å². The number of fused-ring (bicyclic) bond motifs is 1. The van der Waals surface area contributed by atoms with Crippen LogP contribution in [0.25, 0.3) is 0 Å². The summed E-state index contributed by atoms with van der Waals surface area (Å²) >= 11 is 0. The molecule has 2 aromatic rings. The highest BCUT2D eigenvalue weighted by Gasteiger charge is 2.38. The number of amides is 2. The molecule has 0 fully saturated rings. The van der Waals surface area contributed by atoms with E-state index in [4.69, 9.17) is 0 Å². The van der Waals surface area contributed by atoms with Gasteiger partial charge in [-0.25, -0.2) is 8.42 Å². The summed E-state index contributed by atoms with van der Waals surface area (Å²) in [5, 5.41) is 0.934. The van der Waals surface area contributed by atoms with Crippen LogP contribution in [0.1, 0.15) is 42.5 Å². The topological polar surface area (TPSA) is 74.8 Å². The number of rotatable bonds is 5. The maximum absolute atomic E-state index is 13.6. The molecule has 0 unspecified atom stereocenters. The Morgan fingerprint density at radius 1 is 1.03 bits per heavy atom. The van der Waals surface area contributed by atoms with Gasteiger partial charge in [-0.1, -0.05) is 69.8 Å². The van der Waals surface area contributed by atoms with Crippen molar-refractivity contribution in [1.29, 1.82) is 0 Å². The van der Waals surface area contributed by atoms with Crippen LogP contribution in [0.2, 0.25) is 39.3 Å². The Balaban J connectivity index is 2.33. The lowest BCUT2D eigenvalue weighted by atomic mass is 10.0. The van der Waals surface area contributed by atoms with Gasteiger partial charge >= 0.3 is 0 Å². The van der Waals surface area contributed by atoms with E-state index in [1.165, 1.54) is 16.1 Å². The van der Waals surface area contributed by atoms with E-state index in [2.05, 4.69) is 50.7 Å². The van der Waals surface area contributed by atoms with E-state index in [1.54, 1.807) is 31.2 Å². The third-order valence-corrected chi connectivity index (χ3v) is 11.0. The van der Waals surface area contributed by atoms with Crippen LogP contribution in [0.4, 0.5) is 5.69 Å². The second-order valence-electron chi connectivity index (χ2n) is 11.7. The van der Waals surface area contributed by atoms with Crippen LogP contribution < -0.4 is 10.1 Å². The lowest BCUT2D eigenvalue weighted by molar-refractivity contribution is -0.125. The quantitative estimate of drug-likeness (QED) is 0.394. The SMILES string of the molecule is CCC(=O)N(C(C)=O)c1cc2c(c(C#C[Si](C)(C)C)c1[Si](C)(C)C)CN(S(=O)(=O)c1ccc(C)cc1)C2. The molecule has 3 rings (SSSR count). The van der Waals surface area contributed by atoms with Crippen molar-refractivity contribution in [3.05, 3.63) is 52.6 Å². The number of anilines is 1. The van der Waals surface area contributed by atoms with Crippen LogP contribution in [-0.2, 0) is 32.7 Å². The van der Waals surface area contributed by atoms with E-state index in [1.807, 2.05) is 13.0 Å². The summed E-state index contributed by atoms with van der Waals surface area (Å²) in [5.41, 5.74) is 7.49. The van der Waals surface area contributed by atoms with Gasteiger partial charge in [0.2, 0.25) is 21.8 Å². The number of nitrogens with zero attached hydrogens (tertiary/aromatic N) is 2. The first kappa shape index (κ1) is 29.0. The van der Waals surface area contributed by atoms with Crippen LogP contribution in [0, 0.1) is 18.4 Å². The second-order valence-corrected chi connectivity index (χ2v) is 23.4. The fourth-order valence-electron chi connectivity index (χ4n) is 4.50. The number of hydrogen-bond acceptors (Lipinski definition) is 4. The molecule has 0 bridgehead atoms. The number of imide groups is 1. The average molecular weight is 555 g/mol. The molecule has 0 saturated carbocycles. The van der Waals surface area contributed by atoms with Gasteiger partial charge in [-0.05, 0) is 41.4 Å². The Bertz CT molecular complexity index is 1410. The molecule has 6 nitrogen and oxygen atoms in total. The van der Waals surface area contributed by atoms with E-state index in [-0.39, 0.29) is 36.2 Å². The molecule has 0 aliphatic carbocycles. The molecule has 0 atom stereocenters. The molecule has 37 heavy (non-hydrogen) atoms. The summed E-state index contributed by atoms with van der Waals surface area (Å²) in [6, 6.07) is 8.72. The molecular formula is C28H38N2O4SSi2. The molecular weight excluding hydrogens is 517 g/mol. The van der Waals surface area contributed by atoms with Crippen molar-refractivity contribution in [1.82, 2.24) is 4.31 Å². The largest absolute Gasteiger partial charge is 0.274 e. The van der Waals surface area contributed by atoms with E-state index < -0.39 is 26.2 Å². The zero-order chi connectivity index (χ0) is 27.9. The third kappa shape index (κ3) is 6.15. The van der Waals surface area contributed by atoms with Gasteiger partial charge in [-0.3, -0.25) is 14.5 Å². The standard InChI is InChI=1S/C28H38N2O4SSi2/c1-10-27(32)30(21(3)31)26-17-22-18-29(35(33,34)23-13-11-20(2)12-14-23)19-25(22)24(15-16-36(4,5)6)28(26)37(7,8)9/h11-14,17H,10,18-19H2,1-9H3. The predicted molar refractivity (Wildman–Crippen MR) is 156 cm³/mol. The summed E-state index contributed by atoms with van der Waals surface area (Å²) in [4.78, 5) is 27.3. The van der Waals surface area contributed by atoms with Crippen molar-refractivity contribution in [2.24, 2.45) is 0 Å². The van der Waals surface area contributed by atoms with E-state index in [9.17, 15) is 18.0 Å². The minimum Gasteiger partial charge on any atom is -0.274 e. The lowest BCUT2D eigenvalue weighted by Gasteiger charge is -2.30. The Hall–Kier alpha value is -2.52. The molecule has 1 aliphatic rings. The van der Waals surface area contributed by atoms with Gasteiger partial charge in [0, 0.05) is 32.0 Å². The second kappa shape index (κ2) is 10.3. The molecule has 198 valence electrons. The first-order valence-corrected chi connectivity index (χ1v) is 21.0. The zero-order valence-corrected chi connectivity index (χ0v) is 26.3. The fraction of sp³-hybridized carbons (Fsp3) is 0.429. The molecule has 0 radical (unpaired) electrons. The lowest BCUT2D eigenvalue weighted by Crippen LogP contribution is -2.47. The van der Waals surface area contributed by atoms with Gasteiger partial charge in [-0.2, -0.15) is 4.31 Å². The number of sulfonamides is 1. The van der Waals surface area contributed by atoms with E-state index in [0.717, 1.165) is 27.4 Å². The van der Waals surface area contributed by atoms with Gasteiger partial charge < -0.3 is 0 Å². The Morgan fingerprint density at radius 2 is 1.62 bits per heavy atom. The van der Waals surface area contributed by atoms with Crippen LogP contribution >= 0.6 is 0 Å². The number of aryl methyl sites for hydroxylation is 1. The summed E-state index contributed by atoms with van der Waals surface area (Å²) in [6.07, 6.45) is 0.186. The Kier molecular flexibility index (Phi) is 8.11. The van der Waals surface area contributed by atoms with Gasteiger partial charge in [0.05, 0.1) is 18.7 Å². The first-order valence-electron chi connectivity index (χ1n) is 12.6. The summed E-state index contributed by atoms with van der Waals surface area (Å²) in [7, 11) is -7.70. The number of benzene rings is 2. The van der Waals surface area contributed by atoms with Crippen LogP contribution in [-0.4, -0.2) is 40.7 Å². The molecule has 2 aromatic carbocycles. The van der Waals surface area contributed by atoms with Gasteiger partial charge in [0.25, 0.3) is 0 Å². The van der Waals surface area contributed by atoms with Crippen molar-refractivity contribution in [3.8, 4) is 11.5 Å². The van der Waals surface area contributed by atoms with Crippen molar-refractivity contribution < 1.29 is 18.0 Å². The predicted octanol–water partition coefficient (Wildman–Crippen LogP) is 4.76. The molecule has 9 heteroatoms. The van der Waals surface area contributed by atoms with E-state index >= 15 is 0 Å². The number of hydrogen-bond donors (Lipinski definition) is 0.